The summed E-state index contributed by atoms with van der Waals surface area (Å²) in [7, 11) is 0. The molecule has 0 spiro atoms. The van der Waals surface area contributed by atoms with Gasteiger partial charge in [-0.1, -0.05) is 13.8 Å². The number of amides is 1. The minimum atomic E-state index is 0.132. The molecule has 0 saturated carbocycles. The maximum atomic E-state index is 13.4. The van der Waals surface area contributed by atoms with E-state index < -0.39 is 0 Å². The number of carbonyl (C=O) groups excluding carboxylic acids is 1. The van der Waals surface area contributed by atoms with Gasteiger partial charge in [0.25, 0.3) is 5.91 Å². The lowest BCUT2D eigenvalue weighted by Gasteiger charge is -2.37. The molecule has 0 radical (unpaired) electrons. The molecule has 4 aromatic rings. The quantitative estimate of drug-likeness (QED) is 0.482. The summed E-state index contributed by atoms with van der Waals surface area (Å²) in [5, 5.41) is 7.82. The summed E-state index contributed by atoms with van der Waals surface area (Å²) in [6.45, 7) is 14.5. The molecule has 168 valence electrons. The molecule has 1 aliphatic rings. The Morgan fingerprint density at radius 1 is 1.25 bits per heavy atom. The zero-order chi connectivity index (χ0) is 22.7. The van der Waals surface area contributed by atoms with Crippen molar-refractivity contribution < 1.29 is 4.79 Å². The number of thiophene rings is 1. The number of nitrogens with zero attached hydrogens (tertiary/aromatic N) is 4. The van der Waals surface area contributed by atoms with Crippen molar-refractivity contribution >= 4 is 33.1 Å². The normalized spacial score (nSPS) is 19.5. The second-order valence-electron chi connectivity index (χ2n) is 9.36. The van der Waals surface area contributed by atoms with Crippen LogP contribution in [0.25, 0.3) is 27.1 Å². The molecule has 1 amide bonds. The van der Waals surface area contributed by atoms with Crippen LogP contribution in [0.15, 0.2) is 18.6 Å². The van der Waals surface area contributed by atoms with E-state index in [9.17, 15) is 4.79 Å². The molecule has 7 nitrogen and oxygen atoms in total. The second-order valence-corrected chi connectivity index (χ2v) is 10.4. The number of aromatic nitrogens is 4. The van der Waals surface area contributed by atoms with Gasteiger partial charge in [0, 0.05) is 36.9 Å². The van der Waals surface area contributed by atoms with E-state index in [2.05, 4.69) is 68.1 Å². The van der Waals surface area contributed by atoms with E-state index in [1.807, 2.05) is 15.5 Å². The van der Waals surface area contributed by atoms with E-state index in [1.54, 1.807) is 17.7 Å². The number of nitrogens with one attached hydrogen (secondary N) is 2. The minimum absolute atomic E-state index is 0.132. The maximum Gasteiger partial charge on any atom is 0.264 e. The Balaban J connectivity index is 1.61. The summed E-state index contributed by atoms with van der Waals surface area (Å²) in [4.78, 5) is 24.2. The number of carbonyl (C=O) groups is 1. The molecule has 5 rings (SSSR count). The van der Waals surface area contributed by atoms with Gasteiger partial charge in [-0.15, -0.1) is 11.3 Å². The molecule has 1 aliphatic heterocycles. The van der Waals surface area contributed by atoms with Crippen molar-refractivity contribution in [3.63, 3.8) is 0 Å². The average Bonchev–Trinajstić information content (AvgIpc) is 3.45. The van der Waals surface area contributed by atoms with Gasteiger partial charge < -0.3 is 15.2 Å². The topological polar surface area (TPSA) is 78.3 Å². The Kier molecular flexibility index (Phi) is 5.09. The van der Waals surface area contributed by atoms with E-state index in [4.69, 9.17) is 0 Å². The average molecular weight is 451 g/mol. The SMILES string of the molecule is Cc1c(-c2[nH]c3cc(C(=O)N4C[C@H](C)NC[C@H]4C)sc3c2C(C)C)cn2ncnc2c1C. The second kappa shape index (κ2) is 7.71. The monoisotopic (exact) mass is 450 g/mol. The molecule has 2 atom stereocenters. The summed E-state index contributed by atoms with van der Waals surface area (Å²) in [5.74, 6) is 0.442. The fourth-order valence-corrected chi connectivity index (χ4v) is 6.04. The Hall–Kier alpha value is -2.71. The van der Waals surface area contributed by atoms with Crippen molar-refractivity contribution in [3.05, 3.63) is 40.2 Å². The number of hydrogen-bond donors (Lipinski definition) is 2. The van der Waals surface area contributed by atoms with E-state index in [-0.39, 0.29) is 11.9 Å². The molecule has 2 N–H and O–H groups in total. The fraction of sp³-hybridized carbons (Fsp3) is 0.458. The number of H-pyrrole nitrogens is 1. The number of fused-ring (bicyclic) bond motifs is 2. The van der Waals surface area contributed by atoms with Crippen LogP contribution in [0, 0.1) is 13.8 Å². The van der Waals surface area contributed by atoms with Gasteiger partial charge in [0.15, 0.2) is 5.65 Å². The van der Waals surface area contributed by atoms with Crippen LogP contribution in [0.5, 0.6) is 0 Å². The Morgan fingerprint density at radius 2 is 2.03 bits per heavy atom. The number of hydrogen-bond acceptors (Lipinski definition) is 5. The predicted molar refractivity (Wildman–Crippen MR) is 130 cm³/mol. The first-order chi connectivity index (χ1) is 15.3. The molecule has 1 saturated heterocycles. The lowest BCUT2D eigenvalue weighted by Crippen LogP contribution is -2.56. The predicted octanol–water partition coefficient (Wildman–Crippen LogP) is 4.50. The first-order valence-electron chi connectivity index (χ1n) is 11.3. The lowest BCUT2D eigenvalue weighted by atomic mass is 9.96. The van der Waals surface area contributed by atoms with Gasteiger partial charge in [0.2, 0.25) is 0 Å². The van der Waals surface area contributed by atoms with Gasteiger partial charge in [-0.2, -0.15) is 5.10 Å². The summed E-state index contributed by atoms with van der Waals surface area (Å²) in [6.07, 6.45) is 3.65. The lowest BCUT2D eigenvalue weighted by molar-refractivity contribution is 0.0621. The summed E-state index contributed by atoms with van der Waals surface area (Å²) >= 11 is 1.61. The standard InChI is InChI=1S/C24H30N6OS/c1-12(2)20-21(17-10-30-23(26-11-27-30)16(6)15(17)5)28-18-7-19(32-22(18)20)24(31)29-9-13(3)25-8-14(29)4/h7,10-14,25,28H,8-9H2,1-6H3/t13-,14+/m0/s1. The highest BCUT2D eigenvalue weighted by Crippen LogP contribution is 2.41. The van der Waals surface area contributed by atoms with Crippen LogP contribution < -0.4 is 5.32 Å². The third-order valence-corrected chi connectivity index (χ3v) is 7.87. The molecule has 8 heteroatoms. The van der Waals surface area contributed by atoms with Crippen LogP contribution in [0.3, 0.4) is 0 Å². The first kappa shape index (κ1) is 21.2. The number of aromatic amines is 1. The number of pyridine rings is 1. The third-order valence-electron chi connectivity index (χ3n) is 6.71. The Labute approximate surface area is 191 Å². The van der Waals surface area contributed by atoms with Crippen molar-refractivity contribution in [1.29, 1.82) is 0 Å². The highest BCUT2D eigenvalue weighted by molar-refractivity contribution is 7.21. The van der Waals surface area contributed by atoms with Crippen LogP contribution in [0.2, 0.25) is 0 Å². The first-order valence-corrected chi connectivity index (χ1v) is 12.1. The van der Waals surface area contributed by atoms with Gasteiger partial charge in [-0.25, -0.2) is 9.50 Å². The number of rotatable bonds is 3. The fourth-order valence-electron chi connectivity index (χ4n) is 4.77. The summed E-state index contributed by atoms with van der Waals surface area (Å²) in [6, 6.07) is 2.54. The molecule has 32 heavy (non-hydrogen) atoms. The summed E-state index contributed by atoms with van der Waals surface area (Å²) in [5.41, 5.74) is 7.74. The van der Waals surface area contributed by atoms with Gasteiger partial charge in [0.1, 0.15) is 6.33 Å². The van der Waals surface area contributed by atoms with E-state index in [0.717, 1.165) is 46.0 Å². The van der Waals surface area contributed by atoms with E-state index in [0.29, 0.717) is 12.0 Å². The van der Waals surface area contributed by atoms with Gasteiger partial charge in [-0.05, 0) is 56.4 Å². The van der Waals surface area contributed by atoms with E-state index in [1.165, 1.54) is 15.8 Å². The van der Waals surface area contributed by atoms with Gasteiger partial charge in [-0.3, -0.25) is 4.79 Å². The Bertz CT molecular complexity index is 1330. The molecule has 1 fully saturated rings. The van der Waals surface area contributed by atoms with E-state index >= 15 is 0 Å². The van der Waals surface area contributed by atoms with Crippen LogP contribution in [0.1, 0.15) is 60.0 Å². The summed E-state index contributed by atoms with van der Waals surface area (Å²) < 4.78 is 3.02. The molecule has 0 aromatic carbocycles. The van der Waals surface area contributed by atoms with Crippen molar-refractivity contribution in [2.24, 2.45) is 0 Å². The maximum absolute atomic E-state index is 13.4. The van der Waals surface area contributed by atoms with Gasteiger partial charge in [0.05, 0.1) is 20.8 Å². The highest BCUT2D eigenvalue weighted by Gasteiger charge is 2.30. The largest absolute Gasteiger partial charge is 0.353 e. The van der Waals surface area contributed by atoms with Gasteiger partial charge >= 0.3 is 0 Å². The molecule has 0 aliphatic carbocycles. The van der Waals surface area contributed by atoms with Crippen molar-refractivity contribution in [2.45, 2.75) is 59.5 Å². The molecular formula is C24H30N6OS. The van der Waals surface area contributed by atoms with Crippen LogP contribution >= 0.6 is 11.3 Å². The highest BCUT2D eigenvalue weighted by atomic mass is 32.1. The number of aryl methyl sites for hydroxylation is 1. The Morgan fingerprint density at radius 3 is 2.78 bits per heavy atom. The van der Waals surface area contributed by atoms with Crippen LogP contribution in [-0.4, -0.2) is 55.6 Å². The molecule has 0 unspecified atom stereocenters. The molecule has 0 bridgehead atoms. The van der Waals surface area contributed by atoms with Crippen molar-refractivity contribution in [1.82, 2.24) is 29.8 Å². The number of piperazine rings is 1. The smallest absolute Gasteiger partial charge is 0.264 e. The van der Waals surface area contributed by atoms with Crippen molar-refractivity contribution in [2.75, 3.05) is 13.1 Å². The zero-order valence-electron chi connectivity index (χ0n) is 19.5. The zero-order valence-corrected chi connectivity index (χ0v) is 20.3. The molecule has 5 heterocycles. The minimum Gasteiger partial charge on any atom is -0.353 e. The molecular weight excluding hydrogens is 420 g/mol. The van der Waals surface area contributed by atoms with Crippen molar-refractivity contribution in [3.8, 4) is 11.3 Å². The molecule has 4 aromatic heterocycles. The van der Waals surface area contributed by atoms with Crippen LogP contribution in [0.4, 0.5) is 0 Å². The third kappa shape index (κ3) is 3.24. The van der Waals surface area contributed by atoms with Crippen LogP contribution in [-0.2, 0) is 0 Å².